The molecule has 0 saturated heterocycles. The average molecular weight is 379 g/mol. The van der Waals surface area contributed by atoms with Crippen molar-refractivity contribution in [3.63, 3.8) is 0 Å². The van der Waals surface area contributed by atoms with Crippen LogP contribution in [0.15, 0.2) is 4.99 Å². The first-order valence-corrected chi connectivity index (χ1v) is 6.82. The van der Waals surface area contributed by atoms with Crippen LogP contribution in [0.3, 0.4) is 0 Å². The normalized spacial score (nSPS) is 13.1. The Hall–Kier alpha value is -0.0900. The summed E-state index contributed by atoms with van der Waals surface area (Å²) in [5, 5.41) is 2.82. The minimum absolute atomic E-state index is 0. The Bertz CT molecular complexity index is 341. The van der Waals surface area contributed by atoms with E-state index in [0.717, 1.165) is 0 Å². The number of ether oxygens (including phenoxy) is 1. The number of nitrogens with one attached hydrogen (secondary N) is 1. The second kappa shape index (κ2) is 8.09. The SMILES string of the molecule is COCCNC(N)=NCC(C)(C)S(C)(=O)=O.I. The number of aliphatic imine (C=N–C) groups is 1. The number of halogens is 1. The summed E-state index contributed by atoms with van der Waals surface area (Å²) >= 11 is 0. The Labute approximate surface area is 120 Å². The molecule has 6 nitrogen and oxygen atoms in total. The molecule has 17 heavy (non-hydrogen) atoms. The highest BCUT2D eigenvalue weighted by Crippen LogP contribution is 2.14. The molecule has 0 aromatic heterocycles. The van der Waals surface area contributed by atoms with Gasteiger partial charge >= 0.3 is 0 Å². The number of rotatable bonds is 6. The Morgan fingerprint density at radius 1 is 1.47 bits per heavy atom. The van der Waals surface area contributed by atoms with E-state index in [0.29, 0.717) is 13.2 Å². The number of hydrogen-bond donors (Lipinski definition) is 2. The molecule has 0 aromatic rings. The molecular weight excluding hydrogens is 357 g/mol. The van der Waals surface area contributed by atoms with Gasteiger partial charge in [0.25, 0.3) is 0 Å². The molecule has 0 amide bonds. The van der Waals surface area contributed by atoms with Gasteiger partial charge in [0.15, 0.2) is 15.8 Å². The van der Waals surface area contributed by atoms with Crippen molar-refractivity contribution in [2.24, 2.45) is 10.7 Å². The Kier molecular flexibility index (Phi) is 9.16. The molecule has 0 aliphatic carbocycles. The second-order valence-electron chi connectivity index (χ2n) is 4.15. The highest BCUT2D eigenvalue weighted by molar-refractivity contribution is 14.0. The maximum atomic E-state index is 11.4. The van der Waals surface area contributed by atoms with Crippen LogP contribution in [-0.4, -0.2) is 52.2 Å². The third-order valence-corrected chi connectivity index (χ3v) is 4.38. The summed E-state index contributed by atoms with van der Waals surface area (Å²) in [5.41, 5.74) is 5.55. The van der Waals surface area contributed by atoms with Crippen LogP contribution < -0.4 is 11.1 Å². The number of methoxy groups -OCH3 is 1. The number of nitrogens with zero attached hydrogens (tertiary/aromatic N) is 1. The van der Waals surface area contributed by atoms with Crippen LogP contribution in [0.25, 0.3) is 0 Å². The van der Waals surface area contributed by atoms with Gasteiger partial charge in [-0.3, -0.25) is 4.99 Å². The van der Waals surface area contributed by atoms with Gasteiger partial charge in [-0.25, -0.2) is 8.42 Å². The Balaban J connectivity index is 0. The van der Waals surface area contributed by atoms with E-state index in [1.165, 1.54) is 6.26 Å². The largest absolute Gasteiger partial charge is 0.383 e. The van der Waals surface area contributed by atoms with Crippen LogP contribution in [0.2, 0.25) is 0 Å². The highest BCUT2D eigenvalue weighted by atomic mass is 127. The molecule has 3 N–H and O–H groups in total. The van der Waals surface area contributed by atoms with Gasteiger partial charge in [-0.15, -0.1) is 24.0 Å². The fourth-order valence-electron chi connectivity index (χ4n) is 0.730. The smallest absolute Gasteiger partial charge is 0.188 e. The summed E-state index contributed by atoms with van der Waals surface area (Å²) < 4.78 is 26.7. The molecule has 0 atom stereocenters. The molecular formula is C9H22IN3O3S. The zero-order chi connectivity index (χ0) is 12.8. The molecule has 0 rings (SSSR count). The molecule has 104 valence electrons. The van der Waals surface area contributed by atoms with E-state index in [1.807, 2.05) is 0 Å². The predicted molar refractivity (Wildman–Crippen MR) is 80.7 cm³/mol. The lowest BCUT2D eigenvalue weighted by Gasteiger charge is -2.20. The molecule has 0 bridgehead atoms. The Morgan fingerprint density at radius 2 is 2.00 bits per heavy atom. The minimum Gasteiger partial charge on any atom is -0.383 e. The average Bonchev–Trinajstić information content (AvgIpc) is 2.13. The monoisotopic (exact) mass is 379 g/mol. The van der Waals surface area contributed by atoms with Gasteiger partial charge in [0.1, 0.15) is 0 Å². The summed E-state index contributed by atoms with van der Waals surface area (Å²) in [4.78, 5) is 3.98. The van der Waals surface area contributed by atoms with E-state index in [1.54, 1.807) is 21.0 Å². The molecule has 0 aromatic carbocycles. The van der Waals surface area contributed by atoms with Crippen LogP contribution in [0.1, 0.15) is 13.8 Å². The van der Waals surface area contributed by atoms with Crippen molar-refractivity contribution >= 4 is 39.8 Å². The van der Waals surface area contributed by atoms with E-state index in [9.17, 15) is 8.42 Å². The third kappa shape index (κ3) is 7.77. The first kappa shape index (κ1) is 19.3. The predicted octanol–water partition coefficient (Wildman–Crippen LogP) is -0.0217. The van der Waals surface area contributed by atoms with Crippen molar-refractivity contribution in [2.45, 2.75) is 18.6 Å². The maximum Gasteiger partial charge on any atom is 0.188 e. The number of guanidine groups is 1. The highest BCUT2D eigenvalue weighted by Gasteiger charge is 2.29. The van der Waals surface area contributed by atoms with Crippen molar-refractivity contribution in [3.05, 3.63) is 0 Å². The lowest BCUT2D eigenvalue weighted by molar-refractivity contribution is 0.204. The first-order valence-electron chi connectivity index (χ1n) is 4.93. The van der Waals surface area contributed by atoms with E-state index in [2.05, 4.69) is 10.3 Å². The molecule has 0 fully saturated rings. The lowest BCUT2D eigenvalue weighted by Crippen LogP contribution is -2.38. The summed E-state index contributed by atoms with van der Waals surface area (Å²) in [6, 6.07) is 0. The van der Waals surface area contributed by atoms with E-state index < -0.39 is 14.6 Å². The quantitative estimate of drug-likeness (QED) is 0.293. The van der Waals surface area contributed by atoms with Crippen molar-refractivity contribution < 1.29 is 13.2 Å². The fourth-order valence-corrected chi connectivity index (χ4v) is 1.03. The van der Waals surface area contributed by atoms with Crippen LogP contribution in [0.5, 0.6) is 0 Å². The number of nitrogens with two attached hydrogens (primary N) is 1. The molecule has 0 spiro atoms. The van der Waals surface area contributed by atoms with E-state index in [-0.39, 0.29) is 36.5 Å². The molecule has 0 heterocycles. The van der Waals surface area contributed by atoms with Gasteiger partial charge in [-0.1, -0.05) is 0 Å². The zero-order valence-corrected chi connectivity index (χ0v) is 13.8. The standard InChI is InChI=1S/C9H21N3O3S.HI/c1-9(2,16(4,13)14)7-12-8(10)11-5-6-15-3;/h5-7H2,1-4H3,(H3,10,11,12);1H. The second-order valence-corrected chi connectivity index (χ2v) is 6.80. The topological polar surface area (TPSA) is 93.8 Å². The summed E-state index contributed by atoms with van der Waals surface area (Å²) in [6.07, 6.45) is 1.19. The van der Waals surface area contributed by atoms with Crippen molar-refractivity contribution in [1.82, 2.24) is 5.32 Å². The molecule has 0 aliphatic heterocycles. The zero-order valence-electron chi connectivity index (χ0n) is 10.7. The molecule has 0 unspecified atom stereocenters. The van der Waals surface area contributed by atoms with Gasteiger partial charge in [0.2, 0.25) is 0 Å². The molecule has 0 saturated carbocycles. The molecule has 0 aliphatic rings. The summed E-state index contributed by atoms with van der Waals surface area (Å²) in [6.45, 7) is 4.44. The van der Waals surface area contributed by atoms with Crippen LogP contribution in [-0.2, 0) is 14.6 Å². The molecule has 0 radical (unpaired) electrons. The molecule has 8 heteroatoms. The van der Waals surface area contributed by atoms with Gasteiger partial charge in [0.05, 0.1) is 17.9 Å². The number of hydrogen-bond acceptors (Lipinski definition) is 4. The Morgan fingerprint density at radius 3 is 2.41 bits per heavy atom. The van der Waals surface area contributed by atoms with Gasteiger partial charge < -0.3 is 15.8 Å². The van der Waals surface area contributed by atoms with Gasteiger partial charge in [-0.05, 0) is 13.8 Å². The van der Waals surface area contributed by atoms with E-state index >= 15 is 0 Å². The third-order valence-electron chi connectivity index (χ3n) is 2.25. The lowest BCUT2D eigenvalue weighted by atomic mass is 10.2. The van der Waals surface area contributed by atoms with Crippen molar-refractivity contribution in [3.8, 4) is 0 Å². The van der Waals surface area contributed by atoms with E-state index in [4.69, 9.17) is 10.5 Å². The maximum absolute atomic E-state index is 11.4. The summed E-state index contributed by atoms with van der Waals surface area (Å²) in [7, 11) is -1.55. The van der Waals surface area contributed by atoms with Crippen molar-refractivity contribution in [2.75, 3.05) is 33.1 Å². The van der Waals surface area contributed by atoms with Crippen LogP contribution in [0.4, 0.5) is 0 Å². The van der Waals surface area contributed by atoms with Crippen LogP contribution in [0, 0.1) is 0 Å². The first-order chi connectivity index (χ1) is 7.20. The minimum atomic E-state index is -3.14. The summed E-state index contributed by atoms with van der Waals surface area (Å²) in [5.74, 6) is 0.230. The fraction of sp³-hybridized carbons (Fsp3) is 0.889. The number of sulfone groups is 1. The van der Waals surface area contributed by atoms with Gasteiger partial charge in [0, 0.05) is 19.9 Å². The van der Waals surface area contributed by atoms with Crippen LogP contribution >= 0.6 is 24.0 Å². The van der Waals surface area contributed by atoms with Crippen molar-refractivity contribution in [1.29, 1.82) is 0 Å². The van der Waals surface area contributed by atoms with Gasteiger partial charge in [-0.2, -0.15) is 0 Å².